The Labute approximate surface area is 225 Å². The molecule has 9 nitrogen and oxygen atoms in total. The van der Waals surface area contributed by atoms with E-state index in [1.165, 1.54) is 23.8 Å². The fourth-order valence-electron chi connectivity index (χ4n) is 4.81. The SMILES string of the molecule is C=CC(=O)N1CCCC1Cn1c(NC(=O)c2ccc(-c3cnco3)s2)nc2cc(CNCC(C)C)ccc21. The van der Waals surface area contributed by atoms with Gasteiger partial charge in [0.15, 0.2) is 12.2 Å². The zero-order valence-electron chi connectivity index (χ0n) is 21.6. The van der Waals surface area contributed by atoms with Crippen molar-refractivity contribution < 1.29 is 14.0 Å². The van der Waals surface area contributed by atoms with Gasteiger partial charge in [-0.25, -0.2) is 9.97 Å². The van der Waals surface area contributed by atoms with E-state index >= 15 is 0 Å². The number of nitrogens with zero attached hydrogens (tertiary/aromatic N) is 4. The number of oxazole rings is 1. The number of hydrogen-bond donors (Lipinski definition) is 2. The average molecular weight is 533 g/mol. The minimum absolute atomic E-state index is 0.000676. The summed E-state index contributed by atoms with van der Waals surface area (Å²) in [5.41, 5.74) is 2.84. The molecule has 4 aromatic rings. The summed E-state index contributed by atoms with van der Waals surface area (Å²) in [5.74, 6) is 1.33. The maximum Gasteiger partial charge on any atom is 0.268 e. The Hall–Kier alpha value is -3.76. The number of rotatable bonds is 10. The van der Waals surface area contributed by atoms with Crippen LogP contribution in [0, 0.1) is 5.92 Å². The molecule has 1 atom stereocenters. The summed E-state index contributed by atoms with van der Waals surface area (Å²) in [6.45, 7) is 10.9. The van der Waals surface area contributed by atoms with Gasteiger partial charge >= 0.3 is 0 Å². The maximum absolute atomic E-state index is 13.3. The van der Waals surface area contributed by atoms with Gasteiger partial charge in [-0.3, -0.25) is 14.9 Å². The molecule has 1 aromatic carbocycles. The van der Waals surface area contributed by atoms with E-state index in [1.807, 2.05) is 21.6 Å². The highest BCUT2D eigenvalue weighted by Crippen LogP contribution is 2.30. The first kappa shape index (κ1) is 25.9. The van der Waals surface area contributed by atoms with E-state index < -0.39 is 0 Å². The first-order chi connectivity index (χ1) is 18.4. The van der Waals surface area contributed by atoms with Gasteiger partial charge < -0.3 is 19.2 Å². The van der Waals surface area contributed by atoms with Crippen LogP contribution in [0.3, 0.4) is 0 Å². The van der Waals surface area contributed by atoms with Crippen LogP contribution in [0.2, 0.25) is 0 Å². The molecule has 0 bridgehead atoms. The lowest BCUT2D eigenvalue weighted by atomic mass is 10.1. The molecule has 38 heavy (non-hydrogen) atoms. The summed E-state index contributed by atoms with van der Waals surface area (Å²) in [6, 6.07) is 9.81. The summed E-state index contributed by atoms with van der Waals surface area (Å²) in [4.78, 5) is 37.7. The molecule has 0 saturated carbocycles. The summed E-state index contributed by atoms with van der Waals surface area (Å²) >= 11 is 1.33. The van der Waals surface area contributed by atoms with Crippen molar-refractivity contribution >= 4 is 40.1 Å². The van der Waals surface area contributed by atoms with E-state index in [2.05, 4.69) is 48.2 Å². The van der Waals surface area contributed by atoms with E-state index in [0.29, 0.717) is 35.6 Å². The largest absolute Gasteiger partial charge is 0.443 e. The number of nitrogens with one attached hydrogen (secondary N) is 2. The van der Waals surface area contributed by atoms with Crippen LogP contribution in [0.15, 0.2) is 60.0 Å². The zero-order chi connectivity index (χ0) is 26.6. The van der Waals surface area contributed by atoms with E-state index in [9.17, 15) is 9.59 Å². The molecule has 1 fully saturated rings. The zero-order valence-corrected chi connectivity index (χ0v) is 22.5. The fraction of sp³-hybridized carbons (Fsp3) is 0.357. The molecule has 3 aromatic heterocycles. The van der Waals surface area contributed by atoms with Gasteiger partial charge in [0.1, 0.15) is 0 Å². The quantitative estimate of drug-likeness (QED) is 0.281. The number of thiophene rings is 1. The predicted octanol–water partition coefficient (Wildman–Crippen LogP) is 4.93. The van der Waals surface area contributed by atoms with Crippen molar-refractivity contribution in [3.05, 3.63) is 66.0 Å². The van der Waals surface area contributed by atoms with Crippen molar-refractivity contribution in [2.24, 2.45) is 5.92 Å². The third-order valence-electron chi connectivity index (χ3n) is 6.65. The summed E-state index contributed by atoms with van der Waals surface area (Å²) in [5, 5.41) is 6.49. The minimum Gasteiger partial charge on any atom is -0.443 e. The molecule has 2 amide bonds. The van der Waals surface area contributed by atoms with Gasteiger partial charge in [-0.05, 0) is 61.2 Å². The molecular weight excluding hydrogens is 500 g/mol. The van der Waals surface area contributed by atoms with Crippen LogP contribution in [-0.4, -0.2) is 50.4 Å². The Bertz CT molecular complexity index is 1440. The van der Waals surface area contributed by atoms with E-state index in [-0.39, 0.29) is 17.9 Å². The van der Waals surface area contributed by atoms with Crippen LogP contribution in [0.1, 0.15) is 41.9 Å². The lowest BCUT2D eigenvalue weighted by Gasteiger charge is -2.24. The van der Waals surface area contributed by atoms with Crippen molar-refractivity contribution in [2.75, 3.05) is 18.4 Å². The second-order valence-corrected chi connectivity index (χ2v) is 11.0. The van der Waals surface area contributed by atoms with Crippen LogP contribution in [0.25, 0.3) is 21.7 Å². The second-order valence-electron chi connectivity index (χ2n) is 9.91. The van der Waals surface area contributed by atoms with Crippen LogP contribution < -0.4 is 10.6 Å². The van der Waals surface area contributed by atoms with Crippen LogP contribution in [0.4, 0.5) is 5.95 Å². The average Bonchev–Trinajstić information content (AvgIpc) is 3.70. The number of amides is 2. The third kappa shape index (κ3) is 5.56. The molecule has 5 rings (SSSR count). The van der Waals surface area contributed by atoms with Gasteiger partial charge in [0.25, 0.3) is 5.91 Å². The molecule has 4 heterocycles. The number of carbonyl (C=O) groups excluding carboxylic acids is 2. The van der Waals surface area contributed by atoms with E-state index in [0.717, 1.165) is 47.4 Å². The summed E-state index contributed by atoms with van der Waals surface area (Å²) in [6.07, 6.45) is 6.18. The van der Waals surface area contributed by atoms with Gasteiger partial charge in [-0.1, -0.05) is 26.5 Å². The molecule has 2 N–H and O–H groups in total. The Kier molecular flexibility index (Phi) is 7.71. The predicted molar refractivity (Wildman–Crippen MR) is 149 cm³/mol. The molecule has 1 saturated heterocycles. The Morgan fingerprint density at radius 1 is 1.29 bits per heavy atom. The Morgan fingerprint density at radius 3 is 2.92 bits per heavy atom. The first-order valence-corrected chi connectivity index (χ1v) is 13.7. The lowest BCUT2D eigenvalue weighted by molar-refractivity contribution is -0.126. The molecule has 0 spiro atoms. The Morgan fingerprint density at radius 2 is 2.16 bits per heavy atom. The Balaban J connectivity index is 1.44. The number of aromatic nitrogens is 3. The molecule has 10 heteroatoms. The number of fused-ring (bicyclic) bond motifs is 1. The van der Waals surface area contributed by atoms with Gasteiger partial charge in [0.2, 0.25) is 11.9 Å². The number of likely N-dealkylation sites (tertiary alicyclic amines) is 1. The van der Waals surface area contributed by atoms with Crippen molar-refractivity contribution in [2.45, 2.75) is 45.8 Å². The topological polar surface area (TPSA) is 105 Å². The molecule has 1 aliphatic heterocycles. The van der Waals surface area contributed by atoms with E-state index in [1.54, 1.807) is 12.3 Å². The molecule has 1 aliphatic rings. The fourth-order valence-corrected chi connectivity index (χ4v) is 5.66. The monoisotopic (exact) mass is 532 g/mol. The van der Waals surface area contributed by atoms with Gasteiger partial charge in [0.05, 0.1) is 33.0 Å². The van der Waals surface area contributed by atoms with Gasteiger partial charge in [0, 0.05) is 19.6 Å². The summed E-state index contributed by atoms with van der Waals surface area (Å²) < 4.78 is 7.38. The van der Waals surface area contributed by atoms with Crippen molar-refractivity contribution in [3.63, 3.8) is 0 Å². The standard InChI is InChI=1S/C28H32N6O3S/c1-4-26(35)33-11-5-6-20(33)16-34-22-8-7-19(14-29-13-18(2)3)12-21(22)31-28(34)32-27(36)25-10-9-24(38-25)23-15-30-17-37-23/h4,7-10,12,15,17-18,20,29H,1,5-6,11,13-14,16H2,2-3H3,(H,31,32,36). The second kappa shape index (κ2) is 11.3. The normalized spacial score (nSPS) is 15.4. The maximum atomic E-state index is 13.3. The molecule has 198 valence electrons. The summed E-state index contributed by atoms with van der Waals surface area (Å²) in [7, 11) is 0. The first-order valence-electron chi connectivity index (χ1n) is 12.9. The van der Waals surface area contributed by atoms with Crippen molar-refractivity contribution in [3.8, 4) is 10.6 Å². The number of hydrogen-bond acceptors (Lipinski definition) is 7. The smallest absolute Gasteiger partial charge is 0.268 e. The number of imidazole rings is 1. The van der Waals surface area contributed by atoms with Crippen molar-refractivity contribution in [1.82, 2.24) is 24.8 Å². The minimum atomic E-state index is -0.249. The van der Waals surface area contributed by atoms with Crippen LogP contribution in [-0.2, 0) is 17.9 Å². The highest BCUT2D eigenvalue weighted by molar-refractivity contribution is 7.17. The van der Waals surface area contributed by atoms with Crippen LogP contribution >= 0.6 is 11.3 Å². The number of benzene rings is 1. The van der Waals surface area contributed by atoms with Crippen molar-refractivity contribution in [1.29, 1.82) is 0 Å². The van der Waals surface area contributed by atoms with Crippen LogP contribution in [0.5, 0.6) is 0 Å². The molecule has 0 radical (unpaired) electrons. The molecule has 0 aliphatic carbocycles. The highest BCUT2D eigenvalue weighted by atomic mass is 32.1. The van der Waals surface area contributed by atoms with Gasteiger partial charge in [-0.2, -0.15) is 0 Å². The highest BCUT2D eigenvalue weighted by Gasteiger charge is 2.29. The number of carbonyl (C=O) groups is 2. The lowest BCUT2D eigenvalue weighted by Crippen LogP contribution is -2.37. The molecular formula is C28H32N6O3S. The molecule has 1 unspecified atom stereocenters. The third-order valence-corrected chi connectivity index (χ3v) is 7.75. The van der Waals surface area contributed by atoms with E-state index in [4.69, 9.17) is 9.40 Å². The van der Waals surface area contributed by atoms with Gasteiger partial charge in [-0.15, -0.1) is 11.3 Å². The number of anilines is 1.